The van der Waals surface area contributed by atoms with Gasteiger partial charge in [0.2, 0.25) is 0 Å². The molecule has 0 aliphatic rings. The number of rotatable bonds is 4. The van der Waals surface area contributed by atoms with Crippen molar-refractivity contribution in [3.8, 4) is 5.75 Å². The van der Waals surface area contributed by atoms with Crippen molar-refractivity contribution >= 4 is 33.2 Å². The first-order valence-corrected chi connectivity index (χ1v) is 6.99. The first kappa shape index (κ1) is 15.3. The Bertz CT molecular complexity index is 677. The molecule has 2 aromatic carbocycles. The number of aryl methyl sites for hydroxylation is 1. The molecule has 3 N–H and O–H groups in total. The molecule has 0 aromatic heterocycles. The molecule has 110 valence electrons. The quantitative estimate of drug-likeness (QED) is 0.827. The van der Waals surface area contributed by atoms with Gasteiger partial charge >= 0.3 is 0 Å². The summed E-state index contributed by atoms with van der Waals surface area (Å²) in [6, 6.07) is 9.91. The number of nitrogens with two attached hydrogens (primary N) is 1. The average molecular weight is 353 g/mol. The Kier molecular flexibility index (Phi) is 4.80. The zero-order chi connectivity index (χ0) is 15.4. The lowest BCUT2D eigenvalue weighted by molar-refractivity contribution is -0.118. The van der Waals surface area contributed by atoms with Gasteiger partial charge in [-0.3, -0.25) is 4.79 Å². The molecule has 0 spiro atoms. The number of ether oxygens (including phenoxy) is 1. The van der Waals surface area contributed by atoms with E-state index in [9.17, 15) is 9.18 Å². The molecule has 1 amide bonds. The standard InChI is InChI=1S/C15H14BrFN2O2/c1-9-3-2-4-10(5-9)19-15(20)8-21-14-7-12(17)11(16)6-13(14)18/h2-7H,8,18H2,1H3,(H,19,20). The van der Waals surface area contributed by atoms with Crippen LogP contribution in [-0.4, -0.2) is 12.5 Å². The Morgan fingerprint density at radius 2 is 2.14 bits per heavy atom. The number of carbonyl (C=O) groups excluding carboxylic acids is 1. The lowest BCUT2D eigenvalue weighted by Gasteiger charge is -2.10. The molecule has 2 aromatic rings. The second-order valence-corrected chi connectivity index (χ2v) is 5.36. The first-order chi connectivity index (χ1) is 9.95. The van der Waals surface area contributed by atoms with Gasteiger partial charge in [0.05, 0.1) is 10.2 Å². The van der Waals surface area contributed by atoms with Crippen LogP contribution in [0.25, 0.3) is 0 Å². The number of nitrogen functional groups attached to an aromatic ring is 1. The fourth-order valence-electron chi connectivity index (χ4n) is 1.73. The van der Waals surface area contributed by atoms with E-state index in [1.54, 1.807) is 6.07 Å². The molecule has 2 rings (SSSR count). The lowest BCUT2D eigenvalue weighted by Crippen LogP contribution is -2.20. The zero-order valence-electron chi connectivity index (χ0n) is 11.3. The molecule has 0 unspecified atom stereocenters. The van der Waals surface area contributed by atoms with Crippen molar-refractivity contribution in [3.05, 3.63) is 52.3 Å². The molecule has 0 aliphatic heterocycles. The van der Waals surface area contributed by atoms with Crippen LogP contribution < -0.4 is 15.8 Å². The summed E-state index contributed by atoms with van der Waals surface area (Å²) in [5.74, 6) is -0.711. The second-order valence-electron chi connectivity index (χ2n) is 4.51. The minimum absolute atomic E-state index is 0.134. The normalized spacial score (nSPS) is 10.2. The van der Waals surface area contributed by atoms with Gasteiger partial charge in [0.25, 0.3) is 5.91 Å². The number of halogens is 2. The molecule has 0 aliphatic carbocycles. The molecule has 0 fully saturated rings. The summed E-state index contributed by atoms with van der Waals surface area (Å²) >= 11 is 3.02. The van der Waals surface area contributed by atoms with Crippen molar-refractivity contribution in [1.82, 2.24) is 0 Å². The number of benzene rings is 2. The molecule has 4 nitrogen and oxygen atoms in total. The number of amides is 1. The highest BCUT2D eigenvalue weighted by molar-refractivity contribution is 9.10. The maximum absolute atomic E-state index is 13.4. The van der Waals surface area contributed by atoms with Gasteiger partial charge in [-0.1, -0.05) is 12.1 Å². The summed E-state index contributed by atoms with van der Waals surface area (Å²) in [5, 5.41) is 2.69. The van der Waals surface area contributed by atoms with Crippen LogP contribution in [0.4, 0.5) is 15.8 Å². The predicted octanol–water partition coefficient (Wildman–Crippen LogP) is 3.50. The molecule has 0 saturated carbocycles. The van der Waals surface area contributed by atoms with E-state index in [1.165, 1.54) is 6.07 Å². The minimum atomic E-state index is -0.502. The van der Waals surface area contributed by atoms with E-state index >= 15 is 0 Å². The van der Waals surface area contributed by atoms with Crippen LogP contribution in [-0.2, 0) is 4.79 Å². The number of nitrogens with one attached hydrogen (secondary N) is 1. The third-order valence-electron chi connectivity index (χ3n) is 2.71. The maximum Gasteiger partial charge on any atom is 0.262 e. The van der Waals surface area contributed by atoms with Crippen LogP contribution in [0, 0.1) is 12.7 Å². The summed E-state index contributed by atoms with van der Waals surface area (Å²) in [4.78, 5) is 11.8. The Morgan fingerprint density at radius 1 is 1.38 bits per heavy atom. The molecule has 21 heavy (non-hydrogen) atoms. The summed E-state index contributed by atoms with van der Waals surface area (Å²) in [5.41, 5.74) is 7.67. The van der Waals surface area contributed by atoms with Crippen LogP contribution in [0.15, 0.2) is 40.9 Å². The van der Waals surface area contributed by atoms with E-state index < -0.39 is 5.82 Å². The molecular weight excluding hydrogens is 339 g/mol. The summed E-state index contributed by atoms with van der Waals surface area (Å²) < 4.78 is 18.9. The third-order valence-corrected chi connectivity index (χ3v) is 3.32. The van der Waals surface area contributed by atoms with E-state index in [0.29, 0.717) is 5.69 Å². The van der Waals surface area contributed by atoms with Gasteiger partial charge in [-0.15, -0.1) is 0 Å². The number of anilines is 2. The number of carbonyl (C=O) groups is 1. The predicted molar refractivity (Wildman–Crippen MR) is 83.8 cm³/mol. The van der Waals surface area contributed by atoms with Gasteiger partial charge in [-0.2, -0.15) is 0 Å². The highest BCUT2D eigenvalue weighted by atomic mass is 79.9. The van der Waals surface area contributed by atoms with Crippen molar-refractivity contribution in [2.75, 3.05) is 17.7 Å². The minimum Gasteiger partial charge on any atom is -0.481 e. The van der Waals surface area contributed by atoms with E-state index in [1.807, 2.05) is 25.1 Å². The van der Waals surface area contributed by atoms with E-state index in [2.05, 4.69) is 21.2 Å². The van der Waals surface area contributed by atoms with Crippen molar-refractivity contribution in [2.24, 2.45) is 0 Å². The second kappa shape index (κ2) is 6.58. The van der Waals surface area contributed by atoms with Crippen LogP contribution in [0.2, 0.25) is 0 Å². The monoisotopic (exact) mass is 352 g/mol. The Hall–Kier alpha value is -2.08. The Balaban J connectivity index is 1.97. The molecule has 0 bridgehead atoms. The summed E-state index contributed by atoms with van der Waals surface area (Å²) in [6.45, 7) is 1.68. The molecule has 0 radical (unpaired) electrons. The zero-order valence-corrected chi connectivity index (χ0v) is 12.9. The first-order valence-electron chi connectivity index (χ1n) is 6.19. The van der Waals surface area contributed by atoms with Crippen molar-refractivity contribution in [2.45, 2.75) is 6.92 Å². The van der Waals surface area contributed by atoms with Gasteiger partial charge in [-0.05, 0) is 46.6 Å². The van der Waals surface area contributed by atoms with Crippen molar-refractivity contribution < 1.29 is 13.9 Å². The molecular formula is C15H14BrFN2O2. The molecule has 0 atom stereocenters. The summed E-state index contributed by atoms with van der Waals surface area (Å²) in [6.07, 6.45) is 0. The van der Waals surface area contributed by atoms with Crippen LogP contribution >= 0.6 is 15.9 Å². The van der Waals surface area contributed by atoms with Crippen LogP contribution in [0.3, 0.4) is 0 Å². The number of hydrogen-bond donors (Lipinski definition) is 2. The molecule has 0 saturated heterocycles. The largest absolute Gasteiger partial charge is 0.481 e. The summed E-state index contributed by atoms with van der Waals surface area (Å²) in [7, 11) is 0. The van der Waals surface area contributed by atoms with Crippen molar-refractivity contribution in [3.63, 3.8) is 0 Å². The highest BCUT2D eigenvalue weighted by Crippen LogP contribution is 2.28. The molecule has 6 heteroatoms. The molecule has 0 heterocycles. The average Bonchev–Trinajstić information content (AvgIpc) is 2.41. The fourth-order valence-corrected chi connectivity index (χ4v) is 2.09. The van der Waals surface area contributed by atoms with Crippen molar-refractivity contribution in [1.29, 1.82) is 0 Å². The van der Waals surface area contributed by atoms with Gasteiger partial charge in [0, 0.05) is 11.8 Å². The van der Waals surface area contributed by atoms with Gasteiger partial charge < -0.3 is 15.8 Å². The van der Waals surface area contributed by atoms with Gasteiger partial charge in [0.1, 0.15) is 11.6 Å². The smallest absolute Gasteiger partial charge is 0.262 e. The maximum atomic E-state index is 13.4. The Morgan fingerprint density at radius 3 is 2.86 bits per heavy atom. The fraction of sp³-hybridized carbons (Fsp3) is 0.133. The third kappa shape index (κ3) is 4.19. The van der Waals surface area contributed by atoms with E-state index in [-0.39, 0.29) is 28.4 Å². The van der Waals surface area contributed by atoms with Gasteiger partial charge in [0.15, 0.2) is 6.61 Å². The van der Waals surface area contributed by atoms with E-state index in [4.69, 9.17) is 10.5 Å². The van der Waals surface area contributed by atoms with Gasteiger partial charge in [-0.25, -0.2) is 4.39 Å². The van der Waals surface area contributed by atoms with Crippen LogP contribution in [0.5, 0.6) is 5.75 Å². The van der Waals surface area contributed by atoms with Crippen LogP contribution in [0.1, 0.15) is 5.56 Å². The number of hydrogen-bond acceptors (Lipinski definition) is 3. The lowest BCUT2D eigenvalue weighted by atomic mass is 10.2. The highest BCUT2D eigenvalue weighted by Gasteiger charge is 2.09. The Labute approximate surface area is 130 Å². The SMILES string of the molecule is Cc1cccc(NC(=O)COc2cc(F)c(Br)cc2N)c1. The topological polar surface area (TPSA) is 64.3 Å². The van der Waals surface area contributed by atoms with E-state index in [0.717, 1.165) is 11.6 Å².